The quantitative estimate of drug-likeness (QED) is 0.575. The second kappa shape index (κ2) is 8.98. The molecule has 0 spiro atoms. The zero-order valence-corrected chi connectivity index (χ0v) is 16.1. The SMILES string of the molecule is CC(OC(=O)Cc1ccc(N2CCCC2=O)cc1)C(=O)Nc1ccc(F)c(F)c1F. The molecule has 2 amide bonds. The molecule has 30 heavy (non-hydrogen) atoms. The Hall–Kier alpha value is -3.36. The number of benzene rings is 2. The van der Waals surface area contributed by atoms with Gasteiger partial charge in [0.15, 0.2) is 23.6 Å². The molecule has 9 heteroatoms. The molecule has 1 N–H and O–H groups in total. The first-order valence-corrected chi connectivity index (χ1v) is 9.29. The predicted molar refractivity (Wildman–Crippen MR) is 102 cm³/mol. The van der Waals surface area contributed by atoms with Crippen molar-refractivity contribution in [3.63, 3.8) is 0 Å². The fourth-order valence-electron chi connectivity index (χ4n) is 3.03. The van der Waals surface area contributed by atoms with Crippen molar-refractivity contribution in [1.29, 1.82) is 0 Å². The van der Waals surface area contributed by atoms with Gasteiger partial charge in [0, 0.05) is 18.7 Å². The van der Waals surface area contributed by atoms with Gasteiger partial charge in [0.05, 0.1) is 12.1 Å². The highest BCUT2D eigenvalue weighted by atomic mass is 19.2. The lowest BCUT2D eigenvalue weighted by Gasteiger charge is -2.16. The van der Waals surface area contributed by atoms with E-state index >= 15 is 0 Å². The second-order valence-electron chi connectivity index (χ2n) is 6.84. The zero-order valence-electron chi connectivity index (χ0n) is 16.1. The Bertz CT molecular complexity index is 979. The summed E-state index contributed by atoms with van der Waals surface area (Å²) in [5.74, 6) is -6.18. The van der Waals surface area contributed by atoms with Crippen LogP contribution in [0.3, 0.4) is 0 Å². The van der Waals surface area contributed by atoms with Crippen molar-refractivity contribution in [3.8, 4) is 0 Å². The summed E-state index contributed by atoms with van der Waals surface area (Å²) >= 11 is 0. The highest BCUT2D eigenvalue weighted by Crippen LogP contribution is 2.22. The van der Waals surface area contributed by atoms with Gasteiger partial charge in [0.2, 0.25) is 5.91 Å². The number of esters is 1. The first-order valence-electron chi connectivity index (χ1n) is 9.29. The van der Waals surface area contributed by atoms with Crippen LogP contribution < -0.4 is 10.2 Å². The molecular formula is C21H19F3N2O4. The third kappa shape index (κ3) is 4.79. The number of anilines is 2. The minimum absolute atomic E-state index is 0.0551. The lowest BCUT2D eigenvalue weighted by molar-refractivity contribution is -0.152. The molecule has 1 saturated heterocycles. The number of hydrogen-bond acceptors (Lipinski definition) is 4. The van der Waals surface area contributed by atoms with Gasteiger partial charge in [-0.05, 0) is 43.2 Å². The van der Waals surface area contributed by atoms with Gasteiger partial charge in [-0.3, -0.25) is 14.4 Å². The minimum Gasteiger partial charge on any atom is -0.452 e. The Morgan fingerprint density at radius 1 is 1.10 bits per heavy atom. The van der Waals surface area contributed by atoms with Crippen LogP contribution in [0, 0.1) is 17.5 Å². The maximum absolute atomic E-state index is 13.6. The average Bonchev–Trinajstić information content (AvgIpc) is 3.14. The van der Waals surface area contributed by atoms with Crippen LogP contribution >= 0.6 is 0 Å². The summed E-state index contributed by atoms with van der Waals surface area (Å²) in [6.07, 6.45) is -0.0821. The maximum Gasteiger partial charge on any atom is 0.311 e. The van der Waals surface area contributed by atoms with Crippen molar-refractivity contribution in [2.24, 2.45) is 0 Å². The topological polar surface area (TPSA) is 75.7 Å². The van der Waals surface area contributed by atoms with Crippen molar-refractivity contribution in [2.75, 3.05) is 16.8 Å². The molecule has 6 nitrogen and oxygen atoms in total. The first-order chi connectivity index (χ1) is 14.3. The fraction of sp³-hybridized carbons (Fsp3) is 0.286. The van der Waals surface area contributed by atoms with E-state index in [9.17, 15) is 27.6 Å². The van der Waals surface area contributed by atoms with E-state index in [0.29, 0.717) is 24.6 Å². The number of ether oxygens (including phenoxy) is 1. The first kappa shape index (κ1) is 21.4. The number of hydrogen-bond donors (Lipinski definition) is 1. The van der Waals surface area contributed by atoms with Gasteiger partial charge in [-0.25, -0.2) is 13.2 Å². The number of rotatable bonds is 6. The molecule has 1 aliphatic heterocycles. The van der Waals surface area contributed by atoms with Gasteiger partial charge in [0.1, 0.15) is 0 Å². The Balaban J connectivity index is 1.54. The van der Waals surface area contributed by atoms with Crippen LogP contribution in [0.15, 0.2) is 36.4 Å². The largest absolute Gasteiger partial charge is 0.452 e. The molecule has 1 unspecified atom stereocenters. The molecule has 2 aromatic rings. The smallest absolute Gasteiger partial charge is 0.311 e. The van der Waals surface area contributed by atoms with Gasteiger partial charge in [-0.15, -0.1) is 0 Å². The summed E-state index contributed by atoms with van der Waals surface area (Å²) < 4.78 is 44.9. The summed E-state index contributed by atoms with van der Waals surface area (Å²) in [6.45, 7) is 1.93. The Labute approximate surface area is 170 Å². The number of carbonyl (C=O) groups is 3. The molecule has 0 aliphatic carbocycles. The van der Waals surface area contributed by atoms with Crippen molar-refractivity contribution in [2.45, 2.75) is 32.3 Å². The van der Waals surface area contributed by atoms with E-state index in [4.69, 9.17) is 4.74 Å². The zero-order chi connectivity index (χ0) is 21.8. The lowest BCUT2D eigenvalue weighted by Crippen LogP contribution is -2.31. The summed E-state index contributed by atoms with van der Waals surface area (Å²) in [5, 5.41) is 2.05. The maximum atomic E-state index is 13.6. The van der Waals surface area contributed by atoms with Gasteiger partial charge < -0.3 is 15.0 Å². The fourth-order valence-corrected chi connectivity index (χ4v) is 3.03. The second-order valence-corrected chi connectivity index (χ2v) is 6.84. The molecule has 1 aliphatic rings. The average molecular weight is 420 g/mol. The molecule has 3 rings (SSSR count). The Morgan fingerprint density at radius 2 is 1.80 bits per heavy atom. The number of carbonyl (C=O) groups excluding carboxylic acids is 3. The van der Waals surface area contributed by atoms with Gasteiger partial charge in [-0.2, -0.15) is 0 Å². The molecule has 1 atom stereocenters. The van der Waals surface area contributed by atoms with Crippen LogP contribution in [-0.4, -0.2) is 30.4 Å². The summed E-state index contributed by atoms with van der Waals surface area (Å²) in [7, 11) is 0. The molecule has 0 radical (unpaired) electrons. The van der Waals surface area contributed by atoms with Crippen LogP contribution in [0.1, 0.15) is 25.3 Å². The molecule has 158 valence electrons. The van der Waals surface area contributed by atoms with Crippen LogP contribution in [0.25, 0.3) is 0 Å². The Kier molecular flexibility index (Phi) is 6.39. The summed E-state index contributed by atoms with van der Waals surface area (Å²) in [5.41, 5.74) is 0.805. The highest BCUT2D eigenvalue weighted by Gasteiger charge is 2.23. The van der Waals surface area contributed by atoms with Crippen molar-refractivity contribution >= 4 is 29.2 Å². The predicted octanol–water partition coefficient (Wildman–Crippen LogP) is 3.34. The number of nitrogens with zero attached hydrogens (tertiary/aromatic N) is 1. The minimum atomic E-state index is -1.71. The van der Waals surface area contributed by atoms with E-state index in [1.54, 1.807) is 29.2 Å². The van der Waals surface area contributed by atoms with Gasteiger partial charge >= 0.3 is 5.97 Å². The molecule has 0 aromatic heterocycles. The Morgan fingerprint density at radius 3 is 2.43 bits per heavy atom. The molecule has 0 bridgehead atoms. The van der Waals surface area contributed by atoms with Crippen LogP contribution in [-0.2, 0) is 25.5 Å². The monoisotopic (exact) mass is 420 g/mol. The number of nitrogens with one attached hydrogen (secondary N) is 1. The molecule has 2 aromatic carbocycles. The van der Waals surface area contributed by atoms with Crippen LogP contribution in [0.2, 0.25) is 0 Å². The van der Waals surface area contributed by atoms with E-state index < -0.39 is 41.1 Å². The number of amides is 2. The van der Waals surface area contributed by atoms with E-state index in [1.807, 2.05) is 0 Å². The van der Waals surface area contributed by atoms with Crippen molar-refractivity contribution in [3.05, 3.63) is 59.4 Å². The van der Waals surface area contributed by atoms with E-state index in [0.717, 1.165) is 18.2 Å². The van der Waals surface area contributed by atoms with Crippen LogP contribution in [0.5, 0.6) is 0 Å². The van der Waals surface area contributed by atoms with E-state index in [1.165, 1.54) is 6.92 Å². The summed E-state index contributed by atoms with van der Waals surface area (Å²) in [4.78, 5) is 37.6. The van der Waals surface area contributed by atoms with Gasteiger partial charge in [0.25, 0.3) is 5.91 Å². The highest BCUT2D eigenvalue weighted by molar-refractivity contribution is 5.96. The van der Waals surface area contributed by atoms with Crippen molar-refractivity contribution < 1.29 is 32.3 Å². The van der Waals surface area contributed by atoms with Crippen LogP contribution in [0.4, 0.5) is 24.5 Å². The van der Waals surface area contributed by atoms with Crippen molar-refractivity contribution in [1.82, 2.24) is 0 Å². The summed E-state index contributed by atoms with van der Waals surface area (Å²) in [6, 6.07) is 8.37. The third-order valence-electron chi connectivity index (χ3n) is 4.64. The molecule has 0 saturated carbocycles. The van der Waals surface area contributed by atoms with E-state index in [2.05, 4.69) is 5.32 Å². The lowest BCUT2D eigenvalue weighted by atomic mass is 10.1. The standard InChI is InChI=1S/C21H19F3N2O4/c1-12(21(29)25-16-9-8-15(22)19(23)20(16)24)30-18(28)11-13-4-6-14(7-5-13)26-10-2-3-17(26)27/h4-9,12H,2-3,10-11H2,1H3,(H,25,29). The normalized spacial score (nSPS) is 14.5. The van der Waals surface area contributed by atoms with Gasteiger partial charge in [-0.1, -0.05) is 12.1 Å². The molecular weight excluding hydrogens is 401 g/mol. The number of halogens is 3. The van der Waals surface area contributed by atoms with E-state index in [-0.39, 0.29) is 12.3 Å². The third-order valence-corrected chi connectivity index (χ3v) is 4.64. The molecule has 1 fully saturated rings. The molecule has 1 heterocycles.